The molecule has 0 saturated carbocycles. The minimum Gasteiger partial charge on any atom is -0.369 e. The van der Waals surface area contributed by atoms with Crippen molar-refractivity contribution in [3.8, 4) is 12.3 Å². The first kappa shape index (κ1) is 7.45. The van der Waals surface area contributed by atoms with Gasteiger partial charge in [0.2, 0.25) is 0 Å². The zero-order valence-electron chi connectivity index (χ0n) is 4.69. The van der Waals surface area contributed by atoms with Crippen molar-refractivity contribution >= 4 is 0 Å². The first-order chi connectivity index (χ1) is 3.91. The highest BCUT2D eigenvalue weighted by molar-refractivity contribution is 4.82. The van der Waals surface area contributed by atoms with Gasteiger partial charge in [-0.3, -0.25) is 4.39 Å². The first-order valence-electron chi connectivity index (χ1n) is 2.49. The summed E-state index contributed by atoms with van der Waals surface area (Å²) < 4.78 is 16.0. The predicted molar refractivity (Wildman–Crippen MR) is 30.2 cm³/mol. The molecule has 0 spiro atoms. The lowest BCUT2D eigenvalue weighted by atomic mass is 10.5. The van der Waals surface area contributed by atoms with Crippen molar-refractivity contribution < 1.29 is 9.13 Å². The third kappa shape index (κ3) is 5.45. The van der Waals surface area contributed by atoms with Crippen molar-refractivity contribution in [1.82, 2.24) is 0 Å². The van der Waals surface area contributed by atoms with Gasteiger partial charge >= 0.3 is 0 Å². The van der Waals surface area contributed by atoms with Crippen LogP contribution in [0.3, 0.4) is 0 Å². The Morgan fingerprint density at radius 2 is 2.38 bits per heavy atom. The van der Waals surface area contributed by atoms with Crippen LogP contribution in [0, 0.1) is 12.3 Å². The maximum absolute atomic E-state index is 11.3. The summed E-state index contributed by atoms with van der Waals surface area (Å²) >= 11 is 0. The second-order valence-corrected chi connectivity index (χ2v) is 1.30. The maximum atomic E-state index is 11.3. The Balaban J connectivity index is 2.65. The van der Waals surface area contributed by atoms with Gasteiger partial charge in [-0.25, -0.2) is 0 Å². The molecule has 0 aliphatic heterocycles. The molecular weight excluding hydrogens is 107 g/mol. The van der Waals surface area contributed by atoms with Gasteiger partial charge in [0.05, 0.1) is 13.3 Å². The molecule has 0 heterocycles. The Morgan fingerprint density at radius 1 is 1.62 bits per heavy atom. The first-order valence-corrected chi connectivity index (χ1v) is 2.49. The lowest BCUT2D eigenvalue weighted by molar-refractivity contribution is 0.157. The summed E-state index contributed by atoms with van der Waals surface area (Å²) in [4.78, 5) is 0. The number of terminal acetylenes is 1. The molecule has 0 N–H and O–H groups in total. The van der Waals surface area contributed by atoms with Crippen molar-refractivity contribution in [3.05, 3.63) is 0 Å². The van der Waals surface area contributed by atoms with Crippen molar-refractivity contribution in [1.29, 1.82) is 0 Å². The number of hydrogen-bond donors (Lipinski definition) is 0. The van der Waals surface area contributed by atoms with Crippen molar-refractivity contribution in [2.24, 2.45) is 0 Å². The molecule has 0 radical (unpaired) electrons. The molecule has 46 valence electrons. The molecule has 0 aliphatic carbocycles. The number of alkyl halides is 1. The molecule has 8 heavy (non-hydrogen) atoms. The van der Waals surface area contributed by atoms with E-state index in [1.165, 1.54) is 0 Å². The van der Waals surface area contributed by atoms with E-state index >= 15 is 0 Å². The molecule has 0 saturated heterocycles. The fourth-order valence-electron chi connectivity index (χ4n) is 0.288. The van der Waals surface area contributed by atoms with E-state index in [-0.39, 0.29) is 6.67 Å². The molecule has 0 rings (SSSR count). The minimum atomic E-state index is -0.329. The topological polar surface area (TPSA) is 9.23 Å². The molecule has 2 heteroatoms. The monoisotopic (exact) mass is 116 g/mol. The molecule has 0 bridgehead atoms. The van der Waals surface area contributed by atoms with Crippen LogP contribution in [0.5, 0.6) is 0 Å². The Bertz CT molecular complexity index is 75.1. The number of rotatable bonds is 4. The van der Waals surface area contributed by atoms with Crippen LogP contribution >= 0.6 is 0 Å². The van der Waals surface area contributed by atoms with E-state index in [1.54, 1.807) is 0 Å². The van der Waals surface area contributed by atoms with E-state index < -0.39 is 0 Å². The maximum Gasteiger partial charge on any atom is 0.107 e. The number of hydrogen-bond acceptors (Lipinski definition) is 1. The van der Waals surface area contributed by atoms with E-state index in [1.807, 2.05) is 0 Å². The van der Waals surface area contributed by atoms with E-state index in [9.17, 15) is 4.39 Å². The lowest BCUT2D eigenvalue weighted by Gasteiger charge is -1.93. The van der Waals surface area contributed by atoms with Gasteiger partial charge in [0, 0.05) is 0 Å². The zero-order chi connectivity index (χ0) is 6.24. The van der Waals surface area contributed by atoms with Crippen molar-refractivity contribution in [2.75, 3.05) is 19.9 Å². The Kier molecular flexibility index (Phi) is 6.01. The van der Waals surface area contributed by atoms with Crippen molar-refractivity contribution in [3.63, 3.8) is 0 Å². The van der Waals surface area contributed by atoms with Gasteiger partial charge in [0.15, 0.2) is 0 Å². The quantitative estimate of drug-likeness (QED) is 0.393. The summed E-state index contributed by atoms with van der Waals surface area (Å²) in [5.74, 6) is 2.28. The van der Waals surface area contributed by atoms with Gasteiger partial charge in [-0.1, -0.05) is 5.92 Å². The van der Waals surface area contributed by atoms with E-state index in [0.29, 0.717) is 19.6 Å². The van der Waals surface area contributed by atoms with Gasteiger partial charge in [0.25, 0.3) is 0 Å². The van der Waals surface area contributed by atoms with Crippen LogP contribution in [-0.4, -0.2) is 19.9 Å². The average molecular weight is 116 g/mol. The van der Waals surface area contributed by atoms with Crippen LogP contribution in [0.25, 0.3) is 0 Å². The fraction of sp³-hybridized carbons (Fsp3) is 0.667. The van der Waals surface area contributed by atoms with Crippen LogP contribution in [0.15, 0.2) is 0 Å². The molecule has 0 aromatic carbocycles. The van der Waals surface area contributed by atoms with Crippen LogP contribution in [0.1, 0.15) is 6.42 Å². The second kappa shape index (κ2) is 6.45. The molecule has 1 nitrogen and oxygen atoms in total. The highest BCUT2D eigenvalue weighted by Gasteiger charge is 1.82. The van der Waals surface area contributed by atoms with Gasteiger partial charge in [0.1, 0.15) is 6.61 Å². The third-order valence-electron chi connectivity index (χ3n) is 0.608. The summed E-state index contributed by atoms with van der Waals surface area (Å²) in [6.45, 7) is 0.394. The predicted octanol–water partition coefficient (Wildman–Crippen LogP) is 0.996. The molecule has 0 atom stereocenters. The lowest BCUT2D eigenvalue weighted by Crippen LogP contribution is -1.94. The minimum absolute atomic E-state index is 0.292. The largest absolute Gasteiger partial charge is 0.369 e. The van der Waals surface area contributed by atoms with Gasteiger partial charge in [-0.2, -0.15) is 0 Å². The SMILES string of the molecule is C#CCOCCCF. The molecule has 0 unspecified atom stereocenters. The Labute approximate surface area is 48.8 Å². The fourth-order valence-corrected chi connectivity index (χ4v) is 0.288. The van der Waals surface area contributed by atoms with E-state index in [0.717, 1.165) is 0 Å². The Hall–Kier alpha value is -0.550. The molecular formula is C6H9FO. The summed E-state index contributed by atoms with van der Waals surface area (Å²) in [6, 6.07) is 0. The van der Waals surface area contributed by atoms with Gasteiger partial charge < -0.3 is 4.74 Å². The summed E-state index contributed by atoms with van der Waals surface area (Å²) in [5, 5.41) is 0. The smallest absolute Gasteiger partial charge is 0.107 e. The van der Waals surface area contributed by atoms with Gasteiger partial charge in [-0.05, 0) is 6.42 Å². The summed E-state index contributed by atoms with van der Waals surface area (Å²) in [6.07, 6.45) is 5.29. The van der Waals surface area contributed by atoms with Crippen LogP contribution in [0.2, 0.25) is 0 Å². The zero-order valence-corrected chi connectivity index (χ0v) is 4.69. The van der Waals surface area contributed by atoms with Crippen LogP contribution in [0.4, 0.5) is 4.39 Å². The van der Waals surface area contributed by atoms with E-state index in [4.69, 9.17) is 11.2 Å². The van der Waals surface area contributed by atoms with Crippen LogP contribution < -0.4 is 0 Å². The van der Waals surface area contributed by atoms with E-state index in [2.05, 4.69) is 5.92 Å². The molecule has 0 amide bonds. The normalized spacial score (nSPS) is 8.50. The molecule has 0 aliphatic rings. The molecule has 0 aromatic heterocycles. The Morgan fingerprint density at radius 3 is 2.88 bits per heavy atom. The number of halogens is 1. The molecule has 0 fully saturated rings. The molecule has 0 aromatic rings. The van der Waals surface area contributed by atoms with Crippen molar-refractivity contribution in [2.45, 2.75) is 6.42 Å². The third-order valence-corrected chi connectivity index (χ3v) is 0.608. The summed E-state index contributed by atoms with van der Waals surface area (Å²) in [5.41, 5.74) is 0. The van der Waals surface area contributed by atoms with Crippen LogP contribution in [-0.2, 0) is 4.74 Å². The standard InChI is InChI=1S/C6H9FO/c1-2-5-8-6-3-4-7/h1H,3-6H2. The number of ether oxygens (including phenoxy) is 1. The highest BCUT2D eigenvalue weighted by Crippen LogP contribution is 1.81. The highest BCUT2D eigenvalue weighted by atomic mass is 19.1. The summed E-state index contributed by atoms with van der Waals surface area (Å²) in [7, 11) is 0. The average Bonchev–Trinajstić information content (AvgIpc) is 1.81. The second-order valence-electron chi connectivity index (χ2n) is 1.30. The van der Waals surface area contributed by atoms with Gasteiger partial charge in [-0.15, -0.1) is 6.42 Å².